The van der Waals surface area contributed by atoms with Crippen LogP contribution in [-0.2, 0) is 6.18 Å². The summed E-state index contributed by atoms with van der Waals surface area (Å²) in [6.07, 6.45) is 0.214. The Morgan fingerprint density at radius 3 is 2.89 bits per heavy atom. The molecular weight excluding hydrogens is 485 g/mol. The number of halogens is 4. The lowest BCUT2D eigenvalue weighted by molar-refractivity contribution is -0.137. The number of hydrogen-bond donors (Lipinski definition) is 1. The van der Waals surface area contributed by atoms with Crippen LogP contribution >= 0.6 is 11.6 Å². The van der Waals surface area contributed by atoms with Crippen LogP contribution < -0.4 is 15.0 Å². The number of aromatic nitrogens is 4. The largest absolute Gasteiger partial charge is 0.489 e. The molecule has 1 aromatic carbocycles. The van der Waals surface area contributed by atoms with Gasteiger partial charge in [0.25, 0.3) is 5.91 Å². The highest BCUT2D eigenvalue weighted by atomic mass is 35.5. The molecule has 3 aromatic heterocycles. The van der Waals surface area contributed by atoms with E-state index in [0.717, 1.165) is 12.1 Å². The van der Waals surface area contributed by atoms with Gasteiger partial charge in [-0.1, -0.05) is 12.1 Å². The van der Waals surface area contributed by atoms with Crippen LogP contribution in [0.2, 0.25) is 5.28 Å². The third-order valence-electron chi connectivity index (χ3n) is 5.62. The molecule has 1 atom stereocenters. The quantitative estimate of drug-likeness (QED) is 0.422. The van der Waals surface area contributed by atoms with Crippen molar-refractivity contribution in [3.63, 3.8) is 0 Å². The molecule has 1 N–H and O–H groups in total. The number of carbonyl (C=O) groups is 1. The van der Waals surface area contributed by atoms with Crippen molar-refractivity contribution >= 4 is 34.5 Å². The highest BCUT2D eigenvalue weighted by molar-refractivity contribution is 6.28. The Kier molecular flexibility index (Phi) is 5.72. The number of pyridine rings is 1. The van der Waals surface area contributed by atoms with Crippen molar-refractivity contribution in [1.82, 2.24) is 19.6 Å². The summed E-state index contributed by atoms with van der Waals surface area (Å²) in [5.74, 6) is 0.544. The van der Waals surface area contributed by atoms with E-state index in [1.807, 2.05) is 0 Å². The molecule has 0 aliphatic carbocycles. The second kappa shape index (κ2) is 8.73. The molecule has 4 heterocycles. The third-order valence-corrected chi connectivity index (χ3v) is 5.78. The van der Waals surface area contributed by atoms with E-state index >= 15 is 0 Å². The fourth-order valence-corrected chi connectivity index (χ4v) is 4.07. The molecule has 0 fully saturated rings. The lowest BCUT2D eigenvalue weighted by Crippen LogP contribution is -2.37. The second-order valence-corrected chi connectivity index (χ2v) is 8.26. The molecular formula is C23H18ClF3N6O2. The third kappa shape index (κ3) is 4.46. The van der Waals surface area contributed by atoms with Crippen molar-refractivity contribution < 1.29 is 22.7 Å². The Balaban J connectivity index is 1.47. The number of ether oxygens (including phenoxy) is 1. The van der Waals surface area contributed by atoms with Crippen LogP contribution in [0.15, 0.2) is 55.0 Å². The number of amides is 1. The van der Waals surface area contributed by atoms with Crippen LogP contribution in [0.5, 0.6) is 5.75 Å². The van der Waals surface area contributed by atoms with Gasteiger partial charge in [0.1, 0.15) is 23.6 Å². The maximum atomic E-state index is 13.3. The minimum Gasteiger partial charge on any atom is -0.489 e. The zero-order valence-electron chi connectivity index (χ0n) is 18.3. The minimum atomic E-state index is -4.45. The van der Waals surface area contributed by atoms with E-state index in [-0.39, 0.29) is 17.0 Å². The van der Waals surface area contributed by atoms with E-state index in [4.69, 9.17) is 16.3 Å². The van der Waals surface area contributed by atoms with Gasteiger partial charge < -0.3 is 15.0 Å². The van der Waals surface area contributed by atoms with Gasteiger partial charge >= 0.3 is 6.18 Å². The number of nitrogens with one attached hydrogen (secondary N) is 1. The molecule has 0 bridgehead atoms. The first-order valence-corrected chi connectivity index (χ1v) is 11.0. The number of nitrogens with zero attached hydrogens (tertiary/aromatic N) is 5. The highest BCUT2D eigenvalue weighted by Crippen LogP contribution is 2.33. The smallest absolute Gasteiger partial charge is 0.416 e. The van der Waals surface area contributed by atoms with Gasteiger partial charge in [-0.3, -0.25) is 9.78 Å². The highest BCUT2D eigenvalue weighted by Gasteiger charge is 2.31. The normalized spacial score (nSPS) is 14.4. The summed E-state index contributed by atoms with van der Waals surface area (Å²) in [5, 5.41) is 7.13. The number of benzene rings is 1. The monoisotopic (exact) mass is 502 g/mol. The van der Waals surface area contributed by atoms with Crippen molar-refractivity contribution in [2.75, 3.05) is 23.4 Å². The van der Waals surface area contributed by atoms with E-state index in [2.05, 4.69) is 20.4 Å². The van der Waals surface area contributed by atoms with Gasteiger partial charge in [-0.2, -0.15) is 18.2 Å². The summed E-state index contributed by atoms with van der Waals surface area (Å²) in [5.41, 5.74) is 0.988. The maximum Gasteiger partial charge on any atom is 0.416 e. The van der Waals surface area contributed by atoms with Crippen LogP contribution in [0, 0.1) is 0 Å². The van der Waals surface area contributed by atoms with Crippen molar-refractivity contribution in [2.45, 2.75) is 19.1 Å². The van der Waals surface area contributed by atoms with Crippen LogP contribution in [0.1, 0.15) is 34.5 Å². The second-order valence-electron chi connectivity index (χ2n) is 7.93. The SMILES string of the molecule is C[C@@H](Nc1nc(Cl)nn2cc(C(=O)N3CCOc4ccncc43)cc12)c1cccc(C(F)(F)F)c1. The van der Waals surface area contributed by atoms with Crippen LogP contribution in [0.25, 0.3) is 5.52 Å². The Hall–Kier alpha value is -3.86. The summed E-state index contributed by atoms with van der Waals surface area (Å²) in [6.45, 7) is 2.38. The number of hydrogen-bond acceptors (Lipinski definition) is 6. The van der Waals surface area contributed by atoms with Crippen LogP contribution in [0.4, 0.5) is 24.7 Å². The molecule has 0 saturated heterocycles. The van der Waals surface area contributed by atoms with Gasteiger partial charge in [-0.15, -0.1) is 5.10 Å². The van der Waals surface area contributed by atoms with E-state index in [9.17, 15) is 18.0 Å². The molecule has 0 saturated carbocycles. The predicted molar refractivity (Wildman–Crippen MR) is 123 cm³/mol. The summed E-state index contributed by atoms with van der Waals surface area (Å²) < 4.78 is 46.4. The average molecular weight is 503 g/mol. The molecule has 5 rings (SSSR count). The molecule has 12 heteroatoms. The molecule has 0 spiro atoms. The van der Waals surface area contributed by atoms with Gasteiger partial charge in [-0.05, 0) is 42.3 Å². The minimum absolute atomic E-state index is 0.0910. The average Bonchev–Trinajstić information content (AvgIpc) is 3.27. The van der Waals surface area contributed by atoms with E-state index in [1.54, 1.807) is 42.4 Å². The van der Waals surface area contributed by atoms with Crippen molar-refractivity contribution in [3.05, 3.63) is 77.0 Å². The van der Waals surface area contributed by atoms with Gasteiger partial charge in [0.2, 0.25) is 5.28 Å². The standard InChI is InChI=1S/C23H18ClF3N6O2/c1-13(14-3-2-4-16(9-14)23(25,26)27)29-20-17-10-15(12-33(17)31-22(24)30-20)21(34)32-7-8-35-19-5-6-28-11-18(19)32/h2-6,9-13H,7-8H2,1H3,(H,29,30,31)/t13-/m1/s1. The molecule has 35 heavy (non-hydrogen) atoms. The zero-order chi connectivity index (χ0) is 24.7. The zero-order valence-corrected chi connectivity index (χ0v) is 19.0. The fourth-order valence-electron chi connectivity index (χ4n) is 3.90. The lowest BCUT2D eigenvalue weighted by Gasteiger charge is -2.28. The Bertz CT molecular complexity index is 1420. The summed E-state index contributed by atoms with van der Waals surface area (Å²) in [7, 11) is 0. The van der Waals surface area contributed by atoms with Crippen molar-refractivity contribution in [2.24, 2.45) is 0 Å². The Morgan fingerprint density at radius 1 is 1.26 bits per heavy atom. The number of rotatable bonds is 4. The number of alkyl halides is 3. The number of carbonyl (C=O) groups excluding carboxylic acids is 1. The fraction of sp³-hybridized carbons (Fsp3) is 0.217. The molecule has 8 nitrogen and oxygen atoms in total. The molecule has 0 radical (unpaired) electrons. The first kappa shape index (κ1) is 22.9. The topological polar surface area (TPSA) is 84.7 Å². The summed E-state index contributed by atoms with van der Waals surface area (Å²) in [6, 6.07) is 7.78. The molecule has 0 unspecified atom stereocenters. The number of anilines is 2. The molecule has 1 amide bonds. The lowest BCUT2D eigenvalue weighted by atomic mass is 10.0. The Morgan fingerprint density at radius 2 is 2.09 bits per heavy atom. The van der Waals surface area contributed by atoms with E-state index < -0.39 is 17.8 Å². The van der Waals surface area contributed by atoms with Crippen LogP contribution in [0.3, 0.4) is 0 Å². The molecule has 1 aliphatic rings. The number of fused-ring (bicyclic) bond motifs is 2. The maximum absolute atomic E-state index is 13.3. The summed E-state index contributed by atoms with van der Waals surface area (Å²) >= 11 is 6.09. The molecule has 4 aromatic rings. The van der Waals surface area contributed by atoms with Gasteiger partial charge in [0, 0.05) is 18.5 Å². The molecule has 1 aliphatic heterocycles. The van der Waals surface area contributed by atoms with Crippen molar-refractivity contribution in [3.8, 4) is 5.75 Å². The van der Waals surface area contributed by atoms with E-state index in [1.165, 1.54) is 16.8 Å². The van der Waals surface area contributed by atoms with Crippen molar-refractivity contribution in [1.29, 1.82) is 0 Å². The Labute approximate surface area is 202 Å². The first-order chi connectivity index (χ1) is 16.7. The van der Waals surface area contributed by atoms with Gasteiger partial charge in [0.15, 0.2) is 5.82 Å². The summed E-state index contributed by atoms with van der Waals surface area (Å²) in [4.78, 5) is 23.2. The van der Waals surface area contributed by atoms with Gasteiger partial charge in [-0.25, -0.2) is 4.52 Å². The predicted octanol–water partition coefficient (Wildman–Crippen LogP) is 5.01. The first-order valence-electron chi connectivity index (χ1n) is 10.6. The molecule has 180 valence electrons. The van der Waals surface area contributed by atoms with Gasteiger partial charge in [0.05, 0.1) is 29.9 Å². The van der Waals surface area contributed by atoms with E-state index in [0.29, 0.717) is 41.2 Å². The van der Waals surface area contributed by atoms with Crippen LogP contribution in [-0.4, -0.2) is 38.6 Å².